The van der Waals surface area contributed by atoms with Crippen LogP contribution in [0.25, 0.3) is 0 Å². The molecule has 9 atom stereocenters. The van der Waals surface area contributed by atoms with Crippen LogP contribution in [0.15, 0.2) is 0 Å². The Balaban J connectivity index is 1.75. The maximum atomic E-state index is 12.5. The number of carbonyl (C=O) groups is 2. The van der Waals surface area contributed by atoms with Gasteiger partial charge in [-0.05, 0) is 86.9 Å². The zero-order valence-electron chi connectivity index (χ0n) is 19.9. The number of ether oxygens (including phenoxy) is 1. The van der Waals surface area contributed by atoms with Gasteiger partial charge < -0.3 is 20.7 Å². The Hall–Kier alpha value is -1.30. The molecule has 6 heteroatoms. The molecule has 0 saturated heterocycles. The van der Waals surface area contributed by atoms with E-state index in [0.717, 1.165) is 38.0 Å². The summed E-state index contributed by atoms with van der Waals surface area (Å²) in [5.74, 6) is 0.526. The second kappa shape index (κ2) is 9.15. The van der Waals surface area contributed by atoms with Crippen LogP contribution in [0.1, 0.15) is 90.9 Å². The van der Waals surface area contributed by atoms with Crippen LogP contribution in [0, 0.1) is 46.3 Å². The molecule has 0 aliphatic heterocycles. The largest absolute Gasteiger partial charge is 0.481 e. The molecule has 4 aliphatic rings. The van der Waals surface area contributed by atoms with Crippen LogP contribution in [0.3, 0.4) is 0 Å². The summed E-state index contributed by atoms with van der Waals surface area (Å²) < 4.78 is 5.81. The molecule has 0 aromatic carbocycles. The van der Waals surface area contributed by atoms with Gasteiger partial charge in [-0.2, -0.15) is 0 Å². The molecule has 4 unspecified atom stereocenters. The quantitative estimate of drug-likeness (QED) is 0.508. The fraction of sp³-hybridized carbons (Fsp3) is 0.923. The van der Waals surface area contributed by atoms with Crippen LogP contribution >= 0.6 is 0 Å². The molecule has 0 aromatic heterocycles. The third kappa shape index (κ3) is 3.65. The first-order valence-electron chi connectivity index (χ1n) is 13.1. The van der Waals surface area contributed by atoms with E-state index in [2.05, 4.69) is 6.92 Å². The minimum Gasteiger partial charge on any atom is -0.481 e. The first-order chi connectivity index (χ1) is 15.3. The summed E-state index contributed by atoms with van der Waals surface area (Å²) >= 11 is 0. The van der Waals surface area contributed by atoms with Gasteiger partial charge in [0, 0.05) is 17.9 Å². The number of hydrogen-bond donors (Lipinski definition) is 3. The second-order valence-corrected chi connectivity index (χ2v) is 11.6. The molecule has 4 N–H and O–H groups in total. The number of aliphatic hydroxyl groups excluding tert-OH is 1. The van der Waals surface area contributed by atoms with Crippen molar-refractivity contribution in [1.29, 1.82) is 0 Å². The number of carboxylic acids is 1. The summed E-state index contributed by atoms with van der Waals surface area (Å²) in [5, 5.41) is 20.5. The Morgan fingerprint density at radius 1 is 1.06 bits per heavy atom. The fourth-order valence-electron chi connectivity index (χ4n) is 9.41. The van der Waals surface area contributed by atoms with E-state index in [4.69, 9.17) is 10.5 Å². The molecule has 6 nitrogen and oxygen atoms in total. The highest BCUT2D eigenvalue weighted by molar-refractivity contribution is 5.72. The van der Waals surface area contributed by atoms with Crippen LogP contribution in [-0.2, 0) is 9.53 Å². The van der Waals surface area contributed by atoms with E-state index < -0.39 is 29.5 Å². The normalized spacial score (nSPS) is 42.8. The highest BCUT2D eigenvalue weighted by atomic mass is 16.6. The molecular weight excluding hydrogens is 406 g/mol. The number of aliphatic carboxylic acids is 1. The average molecular weight is 450 g/mol. The third-order valence-electron chi connectivity index (χ3n) is 10.6. The van der Waals surface area contributed by atoms with Crippen molar-refractivity contribution in [3.8, 4) is 0 Å². The number of nitrogens with two attached hydrogens (primary N) is 1. The topological polar surface area (TPSA) is 110 Å². The molecule has 4 fully saturated rings. The highest BCUT2D eigenvalue weighted by Gasteiger charge is 2.66. The number of rotatable bonds is 7. The summed E-state index contributed by atoms with van der Waals surface area (Å²) in [7, 11) is 0. The van der Waals surface area contributed by atoms with Gasteiger partial charge in [0.2, 0.25) is 0 Å². The number of primary amides is 1. The summed E-state index contributed by atoms with van der Waals surface area (Å²) in [5.41, 5.74) is 5.27. The summed E-state index contributed by atoms with van der Waals surface area (Å²) in [6.45, 7) is 4.44. The molecule has 182 valence electrons. The van der Waals surface area contributed by atoms with Crippen molar-refractivity contribution < 1.29 is 24.5 Å². The van der Waals surface area contributed by atoms with E-state index in [1.54, 1.807) is 0 Å². The Kier molecular flexibility index (Phi) is 6.82. The zero-order chi connectivity index (χ0) is 23.1. The molecule has 0 spiro atoms. The molecule has 4 saturated carbocycles. The van der Waals surface area contributed by atoms with Gasteiger partial charge in [-0.1, -0.05) is 33.1 Å². The van der Waals surface area contributed by atoms with E-state index in [1.807, 2.05) is 6.92 Å². The molecule has 32 heavy (non-hydrogen) atoms. The first-order valence-corrected chi connectivity index (χ1v) is 13.1. The molecule has 0 heterocycles. The van der Waals surface area contributed by atoms with E-state index in [1.165, 1.54) is 32.1 Å². The van der Waals surface area contributed by atoms with Gasteiger partial charge in [0.25, 0.3) is 0 Å². The standard InChI is InChI=1S/C26H43NO5/c1-3-6-16(15-28)22(32-24(27)31)26-14-12-19-18(20(26)10-11-21(26)23(29)30)9-8-17-7-4-5-13-25(17,19)2/h16-22,28H,3-15H2,1-2H3,(H2,27,31)(H,29,30)/t16?,17?,18-,19+,20+,21?,22?,25+,26-/m1/s1. The Morgan fingerprint density at radius 2 is 1.84 bits per heavy atom. The lowest BCUT2D eigenvalue weighted by atomic mass is 9.43. The Morgan fingerprint density at radius 3 is 2.50 bits per heavy atom. The number of hydrogen-bond acceptors (Lipinski definition) is 4. The minimum absolute atomic E-state index is 0.111. The number of carboxylic acid groups (broad SMARTS) is 1. The van der Waals surface area contributed by atoms with Crippen molar-refractivity contribution in [3.63, 3.8) is 0 Å². The highest BCUT2D eigenvalue weighted by Crippen LogP contribution is 2.69. The van der Waals surface area contributed by atoms with Crippen molar-refractivity contribution in [2.24, 2.45) is 52.1 Å². The molecule has 4 rings (SSSR count). The van der Waals surface area contributed by atoms with Crippen LogP contribution in [-0.4, -0.2) is 35.0 Å². The van der Waals surface area contributed by atoms with Gasteiger partial charge >= 0.3 is 12.1 Å². The maximum Gasteiger partial charge on any atom is 0.404 e. The fourth-order valence-corrected chi connectivity index (χ4v) is 9.41. The summed E-state index contributed by atoms with van der Waals surface area (Å²) in [6, 6.07) is 0. The van der Waals surface area contributed by atoms with Gasteiger partial charge in [-0.25, -0.2) is 4.79 Å². The van der Waals surface area contributed by atoms with Crippen molar-refractivity contribution in [3.05, 3.63) is 0 Å². The maximum absolute atomic E-state index is 12.5. The van der Waals surface area contributed by atoms with Crippen molar-refractivity contribution in [2.75, 3.05) is 6.61 Å². The number of carbonyl (C=O) groups excluding carboxylic acids is 1. The lowest BCUT2D eigenvalue weighted by Crippen LogP contribution is -2.60. The predicted molar refractivity (Wildman–Crippen MR) is 122 cm³/mol. The minimum atomic E-state index is -0.848. The predicted octanol–water partition coefficient (Wildman–Crippen LogP) is 4.97. The van der Waals surface area contributed by atoms with Crippen LogP contribution in [0.4, 0.5) is 4.79 Å². The molecule has 0 aromatic rings. The lowest BCUT2D eigenvalue weighted by Gasteiger charge is -2.62. The van der Waals surface area contributed by atoms with E-state index in [-0.39, 0.29) is 18.4 Å². The molecule has 4 aliphatic carbocycles. The molecule has 1 amide bonds. The Bertz CT molecular complexity index is 712. The monoisotopic (exact) mass is 449 g/mol. The van der Waals surface area contributed by atoms with Crippen molar-refractivity contribution >= 4 is 12.1 Å². The number of fused-ring (bicyclic) bond motifs is 5. The summed E-state index contributed by atoms with van der Waals surface area (Å²) in [4.78, 5) is 24.6. The number of amides is 1. The van der Waals surface area contributed by atoms with Crippen LogP contribution in [0.2, 0.25) is 0 Å². The van der Waals surface area contributed by atoms with Gasteiger partial charge in [0.15, 0.2) is 0 Å². The number of aliphatic hydroxyl groups is 1. The second-order valence-electron chi connectivity index (χ2n) is 11.6. The molecule has 0 radical (unpaired) electrons. The van der Waals surface area contributed by atoms with E-state index in [0.29, 0.717) is 30.1 Å². The van der Waals surface area contributed by atoms with E-state index >= 15 is 0 Å². The van der Waals surface area contributed by atoms with Gasteiger partial charge in [-0.15, -0.1) is 0 Å². The molecular formula is C26H43NO5. The lowest BCUT2D eigenvalue weighted by molar-refractivity contribution is -0.180. The zero-order valence-corrected chi connectivity index (χ0v) is 19.9. The third-order valence-corrected chi connectivity index (χ3v) is 10.6. The average Bonchev–Trinajstić information content (AvgIpc) is 3.16. The molecule has 0 bridgehead atoms. The van der Waals surface area contributed by atoms with E-state index in [9.17, 15) is 19.8 Å². The van der Waals surface area contributed by atoms with Crippen molar-refractivity contribution in [2.45, 2.75) is 97.0 Å². The Labute approximate surface area is 192 Å². The van der Waals surface area contributed by atoms with Crippen LogP contribution in [0.5, 0.6) is 0 Å². The SMILES string of the molecule is CCCC(CO)C(OC(N)=O)[C@]12CC[C@H]3[C@@H](CCC4CCCC[C@@]43C)[C@@H]1CCC2C(=O)O. The van der Waals surface area contributed by atoms with Gasteiger partial charge in [0.1, 0.15) is 6.10 Å². The first kappa shape index (κ1) is 23.8. The van der Waals surface area contributed by atoms with Gasteiger partial charge in [0.05, 0.1) is 5.92 Å². The van der Waals surface area contributed by atoms with Crippen molar-refractivity contribution in [1.82, 2.24) is 0 Å². The van der Waals surface area contributed by atoms with Gasteiger partial charge in [-0.3, -0.25) is 4.79 Å². The smallest absolute Gasteiger partial charge is 0.404 e. The summed E-state index contributed by atoms with van der Waals surface area (Å²) in [6.07, 6.45) is 11.0. The van der Waals surface area contributed by atoms with Crippen LogP contribution < -0.4 is 5.73 Å².